The number of rotatable bonds is 2. The number of hydrogen-bond donors (Lipinski definition) is 0. The van der Waals surface area contributed by atoms with Crippen LogP contribution in [0.25, 0.3) is 0 Å². The number of nitrogens with zero attached hydrogens (tertiary/aromatic N) is 1. The normalized spacial score (nSPS) is 13.1. The molecule has 0 unspecified atom stereocenters. The average Bonchev–Trinajstić information content (AvgIpc) is 2.27. The first kappa shape index (κ1) is 16.3. The summed E-state index contributed by atoms with van der Waals surface area (Å²) in [5.41, 5.74) is -7.11. The zero-order chi connectivity index (χ0) is 15.8. The van der Waals surface area contributed by atoms with E-state index in [4.69, 9.17) is 0 Å². The lowest BCUT2D eigenvalue weighted by molar-refractivity contribution is -0.169. The van der Waals surface area contributed by atoms with Crippen LogP contribution in [0.1, 0.15) is 0 Å². The second kappa shape index (κ2) is 4.96. The molecule has 0 aliphatic heterocycles. The number of carbonyl (C=O) groups is 1. The maximum absolute atomic E-state index is 12.4. The topological polar surface area (TPSA) is 54.5 Å². The molecule has 112 valence electrons. The Labute approximate surface area is 108 Å². The number of halogens is 6. The number of hydrogen-bond acceptors (Lipinski definition) is 3. The van der Waals surface area contributed by atoms with Crippen LogP contribution in [-0.4, -0.2) is 26.0 Å². The van der Waals surface area contributed by atoms with E-state index in [-0.39, 0.29) is 0 Å². The maximum Gasteiger partial charge on any atom is 0.517 e. The number of anilines is 1. The number of benzene rings is 1. The first-order valence-electron chi connectivity index (χ1n) is 4.67. The molecule has 0 aliphatic rings. The molecule has 0 aromatic heterocycles. The second-order valence-corrected chi connectivity index (χ2v) is 5.13. The molecule has 1 aromatic rings. The van der Waals surface area contributed by atoms with E-state index in [2.05, 4.69) is 0 Å². The summed E-state index contributed by atoms with van der Waals surface area (Å²) in [5, 5.41) is 0. The monoisotopic (exact) mass is 321 g/mol. The zero-order valence-electron chi connectivity index (χ0n) is 9.23. The van der Waals surface area contributed by atoms with Gasteiger partial charge in [0.05, 0.1) is 5.69 Å². The van der Waals surface area contributed by atoms with Gasteiger partial charge in [-0.3, -0.25) is 4.79 Å². The lowest BCUT2D eigenvalue weighted by Crippen LogP contribution is -2.49. The fraction of sp³-hybridized carbons (Fsp3) is 0.222. The van der Waals surface area contributed by atoms with Gasteiger partial charge >= 0.3 is 27.6 Å². The van der Waals surface area contributed by atoms with Gasteiger partial charge in [-0.15, -0.1) is 0 Å². The predicted molar refractivity (Wildman–Crippen MR) is 55.0 cm³/mol. The highest BCUT2D eigenvalue weighted by Crippen LogP contribution is 2.34. The molecule has 20 heavy (non-hydrogen) atoms. The summed E-state index contributed by atoms with van der Waals surface area (Å²) in [7, 11) is -6.51. The van der Waals surface area contributed by atoms with Gasteiger partial charge in [-0.25, -0.2) is 0 Å². The van der Waals surface area contributed by atoms with E-state index >= 15 is 0 Å². The summed E-state index contributed by atoms with van der Waals surface area (Å²) >= 11 is 0. The third-order valence-corrected chi connectivity index (χ3v) is 3.39. The van der Waals surface area contributed by atoms with Crippen LogP contribution in [0.2, 0.25) is 0 Å². The van der Waals surface area contributed by atoms with Crippen molar-refractivity contribution in [1.82, 2.24) is 0 Å². The first-order valence-corrected chi connectivity index (χ1v) is 6.11. The van der Waals surface area contributed by atoms with Gasteiger partial charge < -0.3 is 0 Å². The third kappa shape index (κ3) is 3.03. The quantitative estimate of drug-likeness (QED) is 0.786. The number of para-hydroxylation sites is 1. The van der Waals surface area contributed by atoms with Crippen LogP contribution in [0, 0.1) is 0 Å². The highest BCUT2D eigenvalue weighted by Gasteiger charge is 2.57. The zero-order valence-corrected chi connectivity index (χ0v) is 10.1. The van der Waals surface area contributed by atoms with Gasteiger partial charge in [0.15, 0.2) is 0 Å². The summed E-state index contributed by atoms with van der Waals surface area (Å²) in [6, 6.07) is 4.45. The van der Waals surface area contributed by atoms with E-state index in [1.54, 1.807) is 0 Å². The lowest BCUT2D eigenvalue weighted by Gasteiger charge is -2.24. The number of amides is 1. The van der Waals surface area contributed by atoms with Crippen molar-refractivity contribution in [2.45, 2.75) is 11.7 Å². The van der Waals surface area contributed by atoms with Gasteiger partial charge in [0.25, 0.3) is 0 Å². The molecule has 0 heterocycles. The molecule has 0 saturated heterocycles. The van der Waals surface area contributed by atoms with Crippen LogP contribution in [0.5, 0.6) is 0 Å². The van der Waals surface area contributed by atoms with Crippen molar-refractivity contribution < 1.29 is 39.6 Å². The Morgan fingerprint density at radius 1 is 0.950 bits per heavy atom. The van der Waals surface area contributed by atoms with E-state index in [0.717, 1.165) is 12.1 Å². The Balaban J connectivity index is 3.50. The Bertz CT molecular complexity index is 592. The molecule has 1 amide bonds. The first-order chi connectivity index (χ1) is 8.89. The summed E-state index contributed by atoms with van der Waals surface area (Å²) in [4.78, 5) is 11.0. The van der Waals surface area contributed by atoms with Crippen molar-refractivity contribution in [2.75, 3.05) is 4.31 Å². The van der Waals surface area contributed by atoms with Gasteiger partial charge in [-0.05, 0) is 12.1 Å². The van der Waals surface area contributed by atoms with E-state index in [1.807, 2.05) is 0 Å². The predicted octanol–water partition coefficient (Wildman–Crippen LogP) is 2.43. The maximum atomic E-state index is 12.4. The number of sulfonamides is 1. The summed E-state index contributed by atoms with van der Waals surface area (Å²) in [6.07, 6.45) is -5.78. The largest absolute Gasteiger partial charge is 0.517 e. The van der Waals surface area contributed by atoms with Gasteiger partial charge in [-0.2, -0.15) is 39.1 Å². The molecule has 0 spiro atoms. The molecular weight excluding hydrogens is 316 g/mol. The van der Waals surface area contributed by atoms with Gasteiger partial charge in [-0.1, -0.05) is 18.2 Å². The van der Waals surface area contributed by atoms with Crippen LogP contribution in [-0.2, 0) is 14.8 Å². The minimum atomic E-state index is -6.51. The smallest absolute Gasteiger partial charge is 0.263 e. The van der Waals surface area contributed by atoms with Crippen LogP contribution in [0.4, 0.5) is 32.0 Å². The number of carbonyl (C=O) groups excluding carboxylic acids is 1. The van der Waals surface area contributed by atoms with Crippen molar-refractivity contribution in [3.63, 3.8) is 0 Å². The fourth-order valence-corrected chi connectivity index (χ4v) is 2.08. The minimum absolute atomic E-state index is 0.632. The Morgan fingerprint density at radius 3 is 1.75 bits per heavy atom. The Hall–Kier alpha value is -1.78. The lowest BCUT2D eigenvalue weighted by atomic mass is 10.3. The van der Waals surface area contributed by atoms with Gasteiger partial charge in [0.2, 0.25) is 0 Å². The summed E-state index contributed by atoms with van der Waals surface area (Å²) in [5.74, 6) is -3.15. The molecule has 4 nitrogen and oxygen atoms in total. The van der Waals surface area contributed by atoms with Crippen LogP contribution < -0.4 is 4.31 Å². The standard InChI is InChI=1S/C9H5F6NO3S/c10-8(11,12)7(17)16(6-4-2-1-3-5-6)20(18,19)9(13,14)15/h1-5H. The van der Waals surface area contributed by atoms with Crippen molar-refractivity contribution in [3.8, 4) is 0 Å². The molecule has 1 rings (SSSR count). The van der Waals surface area contributed by atoms with Crippen molar-refractivity contribution in [2.24, 2.45) is 0 Å². The van der Waals surface area contributed by atoms with Crippen LogP contribution in [0.3, 0.4) is 0 Å². The third-order valence-electron chi connectivity index (χ3n) is 1.95. The molecule has 0 bridgehead atoms. The van der Waals surface area contributed by atoms with E-state index in [9.17, 15) is 39.6 Å². The highest BCUT2D eigenvalue weighted by atomic mass is 32.2. The van der Waals surface area contributed by atoms with Crippen LogP contribution >= 0.6 is 0 Å². The van der Waals surface area contributed by atoms with Crippen molar-refractivity contribution >= 4 is 21.6 Å². The Morgan fingerprint density at radius 2 is 1.40 bits per heavy atom. The molecule has 0 radical (unpaired) electrons. The fourth-order valence-electron chi connectivity index (χ4n) is 1.15. The molecule has 0 saturated carbocycles. The van der Waals surface area contributed by atoms with E-state index in [1.165, 1.54) is 6.07 Å². The van der Waals surface area contributed by atoms with E-state index in [0.29, 0.717) is 12.1 Å². The Kier molecular flexibility index (Phi) is 4.04. The van der Waals surface area contributed by atoms with Gasteiger partial charge in [0.1, 0.15) is 0 Å². The summed E-state index contributed by atoms with van der Waals surface area (Å²) in [6.45, 7) is 0. The molecule has 0 atom stereocenters. The molecular formula is C9H5F6NO3S. The van der Waals surface area contributed by atoms with Crippen LogP contribution in [0.15, 0.2) is 30.3 Å². The number of alkyl halides is 6. The van der Waals surface area contributed by atoms with Crippen molar-refractivity contribution in [3.05, 3.63) is 30.3 Å². The average molecular weight is 321 g/mol. The molecule has 0 aliphatic carbocycles. The van der Waals surface area contributed by atoms with Crippen molar-refractivity contribution in [1.29, 1.82) is 0 Å². The molecule has 11 heteroatoms. The second-order valence-electron chi connectivity index (χ2n) is 3.35. The highest BCUT2D eigenvalue weighted by molar-refractivity contribution is 7.94. The molecule has 1 aromatic carbocycles. The molecule has 0 N–H and O–H groups in total. The molecule has 0 fully saturated rings. The SMILES string of the molecule is O=C(N(c1ccccc1)S(=O)(=O)C(F)(F)F)C(F)(F)F. The van der Waals surface area contributed by atoms with E-state index < -0.39 is 37.6 Å². The minimum Gasteiger partial charge on any atom is -0.263 e. The summed E-state index contributed by atoms with van der Waals surface area (Å²) < 4.78 is 94.9. The van der Waals surface area contributed by atoms with Gasteiger partial charge in [0, 0.05) is 0 Å².